The van der Waals surface area contributed by atoms with E-state index in [1.165, 1.54) is 69.2 Å². The number of benzene rings is 7. The minimum Gasteiger partial charge on any atom is -0.248 e. The van der Waals surface area contributed by atoms with Crippen molar-refractivity contribution in [2.24, 2.45) is 0 Å². The molecular formula is C41H25NS. The Hall–Kier alpha value is -5.31. The molecule has 2 heterocycles. The van der Waals surface area contributed by atoms with Crippen LogP contribution in [-0.2, 0) is 0 Å². The lowest BCUT2D eigenvalue weighted by Gasteiger charge is -2.17. The third-order valence-corrected chi connectivity index (χ3v) is 9.77. The van der Waals surface area contributed by atoms with Crippen LogP contribution in [0.3, 0.4) is 0 Å². The van der Waals surface area contributed by atoms with Gasteiger partial charge in [0.15, 0.2) is 0 Å². The summed E-state index contributed by atoms with van der Waals surface area (Å²) in [5, 5.41) is 10.1. The van der Waals surface area contributed by atoms with Crippen LogP contribution < -0.4 is 0 Å². The van der Waals surface area contributed by atoms with Gasteiger partial charge in [-0.2, -0.15) is 0 Å². The van der Waals surface area contributed by atoms with Crippen LogP contribution in [0.4, 0.5) is 0 Å². The zero-order chi connectivity index (χ0) is 28.3. The Balaban J connectivity index is 1.33. The fourth-order valence-corrected chi connectivity index (χ4v) is 7.79. The largest absolute Gasteiger partial charge is 0.248 e. The molecule has 2 aromatic heterocycles. The van der Waals surface area contributed by atoms with E-state index in [1.807, 2.05) is 17.4 Å². The smallest absolute Gasteiger partial charge is 0.0722 e. The van der Waals surface area contributed by atoms with Gasteiger partial charge in [-0.05, 0) is 79.8 Å². The maximum Gasteiger partial charge on any atom is 0.0722 e. The van der Waals surface area contributed by atoms with Crippen molar-refractivity contribution in [1.82, 2.24) is 4.98 Å². The van der Waals surface area contributed by atoms with Crippen molar-refractivity contribution in [3.63, 3.8) is 0 Å². The summed E-state index contributed by atoms with van der Waals surface area (Å²) < 4.78 is 2.65. The first-order valence-corrected chi connectivity index (χ1v) is 15.5. The summed E-state index contributed by atoms with van der Waals surface area (Å²) in [5.74, 6) is 0. The van der Waals surface area contributed by atoms with Crippen molar-refractivity contribution in [3.8, 4) is 33.6 Å². The summed E-state index contributed by atoms with van der Waals surface area (Å²) in [6.45, 7) is 0. The molecule has 0 saturated carbocycles. The predicted octanol–water partition coefficient (Wildman–Crippen LogP) is 11.9. The van der Waals surface area contributed by atoms with E-state index in [-0.39, 0.29) is 0 Å². The normalized spacial score (nSPS) is 11.7. The molecule has 0 aliphatic rings. The van der Waals surface area contributed by atoms with Crippen molar-refractivity contribution >= 4 is 63.8 Å². The zero-order valence-electron chi connectivity index (χ0n) is 23.3. The molecule has 0 N–H and O–H groups in total. The van der Waals surface area contributed by atoms with Crippen LogP contribution in [0.25, 0.3) is 86.1 Å². The maximum atomic E-state index is 5.21. The van der Waals surface area contributed by atoms with Gasteiger partial charge in [0.2, 0.25) is 0 Å². The predicted molar refractivity (Wildman–Crippen MR) is 186 cm³/mol. The number of hydrogen-bond acceptors (Lipinski definition) is 2. The van der Waals surface area contributed by atoms with Gasteiger partial charge < -0.3 is 0 Å². The van der Waals surface area contributed by atoms with Crippen molar-refractivity contribution < 1.29 is 0 Å². The lowest BCUT2D eigenvalue weighted by molar-refractivity contribution is 1.33. The van der Waals surface area contributed by atoms with E-state index in [2.05, 4.69) is 146 Å². The first-order chi connectivity index (χ1) is 21.3. The molecule has 0 unspecified atom stereocenters. The molecule has 9 rings (SSSR count). The molecule has 0 aliphatic carbocycles. The van der Waals surface area contributed by atoms with Crippen LogP contribution in [-0.4, -0.2) is 4.98 Å². The highest BCUT2D eigenvalue weighted by atomic mass is 32.1. The highest BCUT2D eigenvalue weighted by molar-refractivity contribution is 7.25. The third-order valence-electron chi connectivity index (χ3n) is 8.63. The molecule has 0 aliphatic heterocycles. The van der Waals surface area contributed by atoms with Gasteiger partial charge in [0, 0.05) is 31.3 Å². The molecule has 0 fully saturated rings. The van der Waals surface area contributed by atoms with Crippen LogP contribution >= 0.6 is 11.3 Å². The van der Waals surface area contributed by atoms with E-state index in [0.29, 0.717) is 0 Å². The fraction of sp³-hybridized carbons (Fsp3) is 0. The summed E-state index contributed by atoms with van der Waals surface area (Å²) in [6, 6.07) is 54.8. The van der Waals surface area contributed by atoms with E-state index < -0.39 is 0 Å². The summed E-state index contributed by atoms with van der Waals surface area (Å²) in [5.41, 5.74) is 6.80. The molecule has 2 heteroatoms. The highest BCUT2D eigenvalue weighted by Crippen LogP contribution is 2.45. The van der Waals surface area contributed by atoms with Crippen molar-refractivity contribution in [2.75, 3.05) is 0 Å². The minimum absolute atomic E-state index is 0.984. The molecule has 43 heavy (non-hydrogen) atoms. The SMILES string of the molecule is c1ccc(-c2cccc(-c3c4ccccc4c(-c4ccc5sc6cc7ccccc7cc6c5c4)c4ccccc34)n2)cc1. The van der Waals surface area contributed by atoms with E-state index >= 15 is 0 Å². The van der Waals surface area contributed by atoms with Gasteiger partial charge in [0.1, 0.15) is 0 Å². The number of aromatic nitrogens is 1. The molecule has 9 aromatic rings. The molecule has 0 saturated heterocycles. The van der Waals surface area contributed by atoms with Crippen LogP contribution in [0, 0.1) is 0 Å². The van der Waals surface area contributed by atoms with Crippen LogP contribution in [0.5, 0.6) is 0 Å². The van der Waals surface area contributed by atoms with Crippen molar-refractivity contribution in [1.29, 1.82) is 0 Å². The average Bonchev–Trinajstić information content (AvgIpc) is 3.43. The van der Waals surface area contributed by atoms with Gasteiger partial charge in [-0.15, -0.1) is 11.3 Å². The number of hydrogen-bond donors (Lipinski definition) is 0. The van der Waals surface area contributed by atoms with Gasteiger partial charge in [0.05, 0.1) is 11.4 Å². The highest BCUT2D eigenvalue weighted by Gasteiger charge is 2.18. The molecule has 0 bridgehead atoms. The van der Waals surface area contributed by atoms with Gasteiger partial charge in [-0.25, -0.2) is 4.98 Å². The van der Waals surface area contributed by atoms with Gasteiger partial charge in [-0.1, -0.05) is 115 Å². The molecule has 7 aromatic carbocycles. The van der Waals surface area contributed by atoms with Crippen molar-refractivity contribution in [3.05, 3.63) is 152 Å². The number of thiophene rings is 1. The second-order valence-corrected chi connectivity index (χ2v) is 12.2. The molecule has 200 valence electrons. The van der Waals surface area contributed by atoms with E-state index in [9.17, 15) is 0 Å². The zero-order valence-corrected chi connectivity index (χ0v) is 24.1. The van der Waals surface area contributed by atoms with Gasteiger partial charge >= 0.3 is 0 Å². The first-order valence-electron chi connectivity index (χ1n) is 14.6. The summed E-state index contributed by atoms with van der Waals surface area (Å²) >= 11 is 1.88. The van der Waals surface area contributed by atoms with E-state index in [1.54, 1.807) is 0 Å². The third kappa shape index (κ3) is 3.88. The Kier molecular flexibility index (Phi) is 5.44. The van der Waals surface area contributed by atoms with Crippen LogP contribution in [0.1, 0.15) is 0 Å². The Morgan fingerprint density at radius 3 is 1.65 bits per heavy atom. The Morgan fingerprint density at radius 2 is 0.930 bits per heavy atom. The molecule has 0 amide bonds. The summed E-state index contributed by atoms with van der Waals surface area (Å²) in [4.78, 5) is 5.21. The second kappa shape index (κ2) is 9.62. The van der Waals surface area contributed by atoms with Gasteiger partial charge in [0.25, 0.3) is 0 Å². The van der Waals surface area contributed by atoms with E-state index in [4.69, 9.17) is 4.98 Å². The Morgan fingerprint density at radius 1 is 0.349 bits per heavy atom. The standard InChI is InChI=1S/C41H25NS/c1-2-11-26(12-3-1)36-19-10-20-37(42-36)41-32-17-8-6-15-30(32)40(31-16-7-9-18-33(31)41)29-21-22-38-34(24-29)35-23-27-13-4-5-14-28(27)25-39(35)43-38/h1-25H. The topological polar surface area (TPSA) is 12.9 Å². The lowest BCUT2D eigenvalue weighted by atomic mass is 9.87. The molecular weight excluding hydrogens is 539 g/mol. The number of fused-ring (bicyclic) bond motifs is 6. The monoisotopic (exact) mass is 563 g/mol. The maximum absolute atomic E-state index is 5.21. The lowest BCUT2D eigenvalue weighted by Crippen LogP contribution is -1.93. The molecule has 0 spiro atoms. The van der Waals surface area contributed by atoms with Crippen molar-refractivity contribution in [2.45, 2.75) is 0 Å². The quantitative estimate of drug-likeness (QED) is 0.195. The first kappa shape index (κ1) is 24.3. The van der Waals surface area contributed by atoms with Crippen LogP contribution in [0.15, 0.2) is 152 Å². The Labute approximate surface area is 253 Å². The minimum atomic E-state index is 0.984. The second-order valence-electron chi connectivity index (χ2n) is 11.1. The van der Waals surface area contributed by atoms with E-state index in [0.717, 1.165) is 17.0 Å². The van der Waals surface area contributed by atoms with Crippen LogP contribution in [0.2, 0.25) is 0 Å². The molecule has 0 atom stereocenters. The molecule has 1 nitrogen and oxygen atoms in total. The van der Waals surface area contributed by atoms with Gasteiger partial charge in [-0.3, -0.25) is 0 Å². The summed E-state index contributed by atoms with van der Waals surface area (Å²) in [7, 11) is 0. The number of nitrogens with zero attached hydrogens (tertiary/aromatic N) is 1. The Bertz CT molecular complexity index is 2450. The number of pyridine rings is 1. The number of rotatable bonds is 3. The summed E-state index contributed by atoms with van der Waals surface area (Å²) in [6.07, 6.45) is 0. The fourth-order valence-electron chi connectivity index (χ4n) is 6.68. The molecule has 0 radical (unpaired) electrons. The average molecular weight is 564 g/mol.